The second kappa shape index (κ2) is 6.57. The third-order valence-electron chi connectivity index (χ3n) is 4.08. The fourth-order valence-corrected chi connectivity index (χ4v) is 2.40. The first-order valence-electron chi connectivity index (χ1n) is 7.48. The summed E-state index contributed by atoms with van der Waals surface area (Å²) in [4.78, 5) is 12.4. The Morgan fingerprint density at radius 2 is 1.76 bits per heavy atom. The van der Waals surface area contributed by atoms with Crippen molar-refractivity contribution in [3.8, 4) is 0 Å². The Bertz CT molecular complexity index is 629. The van der Waals surface area contributed by atoms with E-state index in [2.05, 4.69) is 36.5 Å². The quantitative estimate of drug-likeness (QED) is 0.886. The molecule has 0 aliphatic heterocycles. The van der Waals surface area contributed by atoms with Crippen LogP contribution in [0.1, 0.15) is 52.5 Å². The number of amides is 1. The number of hydrogen-bond acceptors (Lipinski definition) is 1. The lowest BCUT2D eigenvalue weighted by molar-refractivity contribution is 0.0939. The molecule has 1 amide bonds. The zero-order chi connectivity index (χ0) is 15.4. The second-order valence-electron chi connectivity index (χ2n) is 5.54. The van der Waals surface area contributed by atoms with Gasteiger partial charge in [0.15, 0.2) is 0 Å². The van der Waals surface area contributed by atoms with Crippen LogP contribution in [0.25, 0.3) is 0 Å². The zero-order valence-corrected chi connectivity index (χ0v) is 13.2. The van der Waals surface area contributed by atoms with E-state index in [1.54, 1.807) is 0 Å². The van der Waals surface area contributed by atoms with Gasteiger partial charge in [0.2, 0.25) is 0 Å². The highest BCUT2D eigenvalue weighted by molar-refractivity contribution is 5.96. The third-order valence-corrected chi connectivity index (χ3v) is 4.08. The topological polar surface area (TPSA) is 29.1 Å². The van der Waals surface area contributed by atoms with E-state index in [1.807, 2.05) is 39.0 Å². The highest BCUT2D eigenvalue weighted by atomic mass is 16.1. The summed E-state index contributed by atoms with van der Waals surface area (Å²) >= 11 is 0. The minimum Gasteiger partial charge on any atom is -0.346 e. The Morgan fingerprint density at radius 1 is 1.10 bits per heavy atom. The van der Waals surface area contributed by atoms with Gasteiger partial charge in [0, 0.05) is 5.56 Å². The molecular weight excluding hydrogens is 258 g/mol. The molecule has 2 rings (SSSR count). The van der Waals surface area contributed by atoms with Crippen LogP contribution in [0.4, 0.5) is 0 Å². The molecule has 0 fully saturated rings. The smallest absolute Gasteiger partial charge is 0.252 e. The van der Waals surface area contributed by atoms with Crippen LogP contribution in [-0.4, -0.2) is 5.91 Å². The van der Waals surface area contributed by atoms with Crippen LogP contribution in [0.2, 0.25) is 0 Å². The van der Waals surface area contributed by atoms with Crippen LogP contribution in [0.3, 0.4) is 0 Å². The van der Waals surface area contributed by atoms with Gasteiger partial charge in [-0.05, 0) is 55.5 Å². The lowest BCUT2D eigenvalue weighted by Gasteiger charge is -2.16. The van der Waals surface area contributed by atoms with Gasteiger partial charge in [0.25, 0.3) is 5.91 Å². The molecular formula is C19H23NO. The molecule has 0 spiro atoms. The van der Waals surface area contributed by atoms with Gasteiger partial charge in [-0.1, -0.05) is 43.3 Å². The van der Waals surface area contributed by atoms with Crippen molar-refractivity contribution in [2.75, 3.05) is 0 Å². The van der Waals surface area contributed by atoms with E-state index < -0.39 is 0 Å². The molecule has 1 N–H and O–H groups in total. The summed E-state index contributed by atoms with van der Waals surface area (Å²) in [5.74, 6) is -0.0109. The highest BCUT2D eigenvalue weighted by Crippen LogP contribution is 2.17. The molecule has 1 atom stereocenters. The minimum atomic E-state index is -0.0109. The van der Waals surface area contributed by atoms with Crippen molar-refractivity contribution in [1.82, 2.24) is 5.32 Å². The van der Waals surface area contributed by atoms with Crippen molar-refractivity contribution >= 4 is 5.91 Å². The van der Waals surface area contributed by atoms with Crippen molar-refractivity contribution in [2.24, 2.45) is 0 Å². The third kappa shape index (κ3) is 3.52. The molecule has 0 aromatic heterocycles. The molecule has 1 unspecified atom stereocenters. The molecule has 0 aliphatic carbocycles. The lowest BCUT2D eigenvalue weighted by Crippen LogP contribution is -2.27. The number of rotatable bonds is 4. The molecule has 0 saturated carbocycles. The second-order valence-corrected chi connectivity index (χ2v) is 5.54. The normalized spacial score (nSPS) is 12.0. The average Bonchev–Trinajstić information content (AvgIpc) is 2.50. The van der Waals surface area contributed by atoms with Gasteiger partial charge in [-0.25, -0.2) is 0 Å². The fraction of sp³-hybridized carbons (Fsp3) is 0.316. The number of carbonyl (C=O) groups is 1. The number of hydrogen-bond donors (Lipinski definition) is 1. The molecule has 110 valence electrons. The van der Waals surface area contributed by atoms with Crippen LogP contribution >= 0.6 is 0 Å². The van der Waals surface area contributed by atoms with E-state index in [0.29, 0.717) is 0 Å². The van der Waals surface area contributed by atoms with Gasteiger partial charge < -0.3 is 5.32 Å². The molecule has 2 aromatic carbocycles. The van der Waals surface area contributed by atoms with Gasteiger partial charge in [-0.15, -0.1) is 0 Å². The largest absolute Gasteiger partial charge is 0.346 e. The first kappa shape index (κ1) is 15.3. The molecule has 0 saturated heterocycles. The summed E-state index contributed by atoms with van der Waals surface area (Å²) in [6.45, 7) is 8.18. The summed E-state index contributed by atoms with van der Waals surface area (Å²) in [5, 5.41) is 3.08. The number of aryl methyl sites for hydroxylation is 2. The summed E-state index contributed by atoms with van der Waals surface area (Å²) in [5.41, 5.74) is 5.39. The van der Waals surface area contributed by atoms with E-state index in [-0.39, 0.29) is 11.9 Å². The maximum atomic E-state index is 12.4. The van der Waals surface area contributed by atoms with Gasteiger partial charge in [0.05, 0.1) is 6.04 Å². The van der Waals surface area contributed by atoms with Gasteiger partial charge in [-0.2, -0.15) is 0 Å². The van der Waals surface area contributed by atoms with Crippen LogP contribution in [0, 0.1) is 13.8 Å². The molecule has 0 radical (unpaired) electrons. The van der Waals surface area contributed by atoms with Gasteiger partial charge >= 0.3 is 0 Å². The SMILES string of the molecule is CCc1ccc(C(C)NC(=O)c2cccc(C)c2C)cc1. The van der Waals surface area contributed by atoms with E-state index in [1.165, 1.54) is 5.56 Å². The summed E-state index contributed by atoms with van der Waals surface area (Å²) in [6, 6.07) is 14.3. The fourth-order valence-electron chi connectivity index (χ4n) is 2.40. The Balaban J connectivity index is 2.12. The van der Waals surface area contributed by atoms with Crippen molar-refractivity contribution in [2.45, 2.75) is 40.2 Å². The molecule has 21 heavy (non-hydrogen) atoms. The Hall–Kier alpha value is -2.09. The Morgan fingerprint density at radius 3 is 2.38 bits per heavy atom. The van der Waals surface area contributed by atoms with Crippen molar-refractivity contribution in [3.63, 3.8) is 0 Å². The number of benzene rings is 2. The summed E-state index contributed by atoms with van der Waals surface area (Å²) < 4.78 is 0. The first-order chi connectivity index (χ1) is 10.0. The molecule has 0 bridgehead atoms. The molecule has 0 aliphatic rings. The van der Waals surface area contributed by atoms with Crippen LogP contribution < -0.4 is 5.32 Å². The molecule has 0 heterocycles. The Kier molecular flexibility index (Phi) is 4.79. The highest BCUT2D eigenvalue weighted by Gasteiger charge is 2.13. The van der Waals surface area contributed by atoms with Crippen molar-refractivity contribution < 1.29 is 4.79 Å². The van der Waals surface area contributed by atoms with Crippen LogP contribution in [0.15, 0.2) is 42.5 Å². The average molecular weight is 281 g/mol. The predicted octanol–water partition coefficient (Wildman–Crippen LogP) is 4.36. The van der Waals surface area contributed by atoms with Crippen LogP contribution in [0.5, 0.6) is 0 Å². The standard InChI is InChI=1S/C19H23NO/c1-5-16-9-11-17(12-10-16)15(4)20-19(21)18-8-6-7-13(2)14(18)3/h6-12,15H,5H2,1-4H3,(H,20,21). The minimum absolute atomic E-state index is 0.00307. The molecule has 2 heteroatoms. The Labute approximate surface area is 127 Å². The van der Waals surface area contributed by atoms with E-state index in [0.717, 1.165) is 28.7 Å². The van der Waals surface area contributed by atoms with E-state index in [4.69, 9.17) is 0 Å². The first-order valence-corrected chi connectivity index (χ1v) is 7.48. The predicted molar refractivity (Wildman–Crippen MR) is 87.6 cm³/mol. The lowest BCUT2D eigenvalue weighted by atomic mass is 10.0. The van der Waals surface area contributed by atoms with Crippen molar-refractivity contribution in [3.05, 3.63) is 70.3 Å². The zero-order valence-electron chi connectivity index (χ0n) is 13.2. The monoisotopic (exact) mass is 281 g/mol. The summed E-state index contributed by atoms with van der Waals surface area (Å²) in [7, 11) is 0. The summed E-state index contributed by atoms with van der Waals surface area (Å²) in [6.07, 6.45) is 1.03. The van der Waals surface area contributed by atoms with Gasteiger partial charge in [0.1, 0.15) is 0 Å². The molecule has 2 aromatic rings. The number of carbonyl (C=O) groups excluding carboxylic acids is 1. The maximum absolute atomic E-state index is 12.4. The van der Waals surface area contributed by atoms with Crippen molar-refractivity contribution in [1.29, 1.82) is 0 Å². The van der Waals surface area contributed by atoms with Crippen LogP contribution in [-0.2, 0) is 6.42 Å². The van der Waals surface area contributed by atoms with Gasteiger partial charge in [-0.3, -0.25) is 4.79 Å². The maximum Gasteiger partial charge on any atom is 0.252 e. The number of nitrogens with one attached hydrogen (secondary N) is 1. The van der Waals surface area contributed by atoms with E-state index >= 15 is 0 Å². The van der Waals surface area contributed by atoms with E-state index in [9.17, 15) is 4.79 Å². The molecule has 2 nitrogen and oxygen atoms in total.